The molecule has 4 rings (SSSR count). The van der Waals surface area contributed by atoms with E-state index in [1.165, 1.54) is 18.2 Å². The van der Waals surface area contributed by atoms with Gasteiger partial charge in [-0.3, -0.25) is 4.79 Å². The van der Waals surface area contributed by atoms with E-state index in [0.717, 1.165) is 5.56 Å². The number of rotatable bonds is 4. The van der Waals surface area contributed by atoms with Crippen molar-refractivity contribution in [2.24, 2.45) is 0 Å². The molecule has 6 heteroatoms. The molecule has 0 saturated heterocycles. The van der Waals surface area contributed by atoms with Gasteiger partial charge in [0.2, 0.25) is 5.78 Å². The first kappa shape index (κ1) is 20.0. The van der Waals surface area contributed by atoms with E-state index in [2.05, 4.69) is 0 Å². The van der Waals surface area contributed by atoms with Gasteiger partial charge in [0.15, 0.2) is 5.76 Å². The summed E-state index contributed by atoms with van der Waals surface area (Å²) in [7, 11) is 0. The van der Waals surface area contributed by atoms with E-state index in [1.807, 2.05) is 30.3 Å². The van der Waals surface area contributed by atoms with E-state index in [0.29, 0.717) is 26.9 Å². The number of carbonyl (C=O) groups is 2. The van der Waals surface area contributed by atoms with Gasteiger partial charge in [0.1, 0.15) is 11.5 Å². The van der Waals surface area contributed by atoms with Gasteiger partial charge in [-0.25, -0.2) is 4.79 Å². The first-order valence-corrected chi connectivity index (χ1v) is 9.74. The Morgan fingerprint density at radius 3 is 2.57 bits per heavy atom. The van der Waals surface area contributed by atoms with Crippen molar-refractivity contribution in [3.63, 3.8) is 0 Å². The van der Waals surface area contributed by atoms with Crippen LogP contribution in [-0.4, -0.2) is 11.8 Å². The molecule has 0 amide bonds. The summed E-state index contributed by atoms with van der Waals surface area (Å²) in [5.41, 5.74) is 1.82. The number of ketones is 1. The molecule has 3 aromatic rings. The maximum atomic E-state index is 12.6. The average Bonchev–Trinajstić information content (AvgIpc) is 3.05. The number of hydrogen-bond donors (Lipinski definition) is 0. The zero-order valence-corrected chi connectivity index (χ0v) is 17.0. The number of Topliss-reactive ketones (excluding diaryl/α,β-unsaturated/α-hetero) is 1. The van der Waals surface area contributed by atoms with Crippen LogP contribution in [-0.2, 0) is 4.79 Å². The predicted molar refractivity (Wildman–Crippen MR) is 117 cm³/mol. The number of esters is 1. The van der Waals surface area contributed by atoms with Gasteiger partial charge in [0, 0.05) is 12.1 Å². The molecular formula is C24H14Cl2O4. The Morgan fingerprint density at radius 2 is 1.77 bits per heavy atom. The third-order valence-electron chi connectivity index (χ3n) is 4.34. The number of carbonyl (C=O) groups excluding carboxylic acids is 2. The van der Waals surface area contributed by atoms with Gasteiger partial charge in [-0.1, -0.05) is 65.7 Å². The summed E-state index contributed by atoms with van der Waals surface area (Å²) in [5.74, 6) is -0.137. The van der Waals surface area contributed by atoms with E-state index in [9.17, 15) is 9.59 Å². The van der Waals surface area contributed by atoms with Crippen LogP contribution in [0.15, 0.2) is 78.6 Å². The summed E-state index contributed by atoms with van der Waals surface area (Å²) in [6.45, 7) is 0. The van der Waals surface area contributed by atoms with E-state index in [1.54, 1.807) is 36.4 Å². The molecule has 0 atom stereocenters. The molecular weight excluding hydrogens is 423 g/mol. The minimum atomic E-state index is -0.537. The fourth-order valence-corrected chi connectivity index (χ4v) is 3.24. The molecule has 30 heavy (non-hydrogen) atoms. The zero-order chi connectivity index (χ0) is 21.1. The predicted octanol–water partition coefficient (Wildman–Crippen LogP) is 6.23. The molecule has 0 radical (unpaired) electrons. The summed E-state index contributed by atoms with van der Waals surface area (Å²) in [6, 6.07) is 19.1. The molecule has 0 N–H and O–H groups in total. The monoisotopic (exact) mass is 436 g/mol. The highest BCUT2D eigenvalue weighted by Crippen LogP contribution is 2.36. The normalized spacial score (nSPS) is 14.1. The maximum Gasteiger partial charge on any atom is 0.336 e. The molecule has 1 aliphatic rings. The Labute approximate surface area is 183 Å². The first-order valence-electron chi connectivity index (χ1n) is 8.98. The summed E-state index contributed by atoms with van der Waals surface area (Å²) < 4.78 is 11.0. The summed E-state index contributed by atoms with van der Waals surface area (Å²) in [5, 5.41) is 0.713. The lowest BCUT2D eigenvalue weighted by molar-refractivity contribution is -0.128. The second-order valence-corrected chi connectivity index (χ2v) is 7.19. The minimum absolute atomic E-state index is 0.113. The third kappa shape index (κ3) is 4.30. The van der Waals surface area contributed by atoms with Crippen molar-refractivity contribution in [1.29, 1.82) is 0 Å². The highest BCUT2D eigenvalue weighted by Gasteiger charge is 2.28. The Hall–Kier alpha value is -3.34. The van der Waals surface area contributed by atoms with Crippen LogP contribution in [0.4, 0.5) is 0 Å². The third-order valence-corrected chi connectivity index (χ3v) is 5.17. The van der Waals surface area contributed by atoms with Crippen molar-refractivity contribution in [2.75, 3.05) is 0 Å². The van der Waals surface area contributed by atoms with Gasteiger partial charge < -0.3 is 9.47 Å². The van der Waals surface area contributed by atoms with Crippen LogP contribution in [0.5, 0.6) is 11.5 Å². The van der Waals surface area contributed by atoms with Crippen LogP contribution >= 0.6 is 23.2 Å². The fraction of sp³-hybridized carbons (Fsp3) is 0. The number of fused-ring (bicyclic) bond motifs is 1. The molecule has 0 bridgehead atoms. The number of hydrogen-bond acceptors (Lipinski definition) is 4. The Morgan fingerprint density at radius 1 is 0.967 bits per heavy atom. The number of benzene rings is 3. The van der Waals surface area contributed by atoms with Crippen molar-refractivity contribution in [3.8, 4) is 11.5 Å². The second-order valence-electron chi connectivity index (χ2n) is 6.41. The van der Waals surface area contributed by atoms with Gasteiger partial charge in [-0.15, -0.1) is 0 Å². The molecule has 0 fully saturated rings. The average molecular weight is 437 g/mol. The van der Waals surface area contributed by atoms with Crippen LogP contribution < -0.4 is 9.47 Å². The van der Waals surface area contributed by atoms with Crippen molar-refractivity contribution < 1.29 is 19.1 Å². The molecule has 0 aromatic heterocycles. The fourth-order valence-electron chi connectivity index (χ4n) is 2.88. The largest absolute Gasteiger partial charge is 0.452 e. The highest BCUT2D eigenvalue weighted by atomic mass is 35.5. The summed E-state index contributed by atoms with van der Waals surface area (Å²) in [4.78, 5) is 24.7. The standard InChI is InChI=1S/C24H14Cl2O4/c25-19-8-4-7-16(23(19)26)13-21-24(28)18-11-10-17(14-20(18)30-21)29-22(27)12-9-15-5-2-1-3-6-15/h1-14H. The quantitative estimate of drug-likeness (QED) is 0.276. The van der Waals surface area contributed by atoms with Crippen LogP contribution in [0.1, 0.15) is 21.5 Å². The Kier molecular flexibility index (Phi) is 5.70. The van der Waals surface area contributed by atoms with Crippen LogP contribution in [0.2, 0.25) is 10.0 Å². The molecule has 1 aliphatic heterocycles. The molecule has 0 saturated carbocycles. The van der Waals surface area contributed by atoms with Gasteiger partial charge in [0.05, 0.1) is 15.6 Å². The van der Waals surface area contributed by atoms with Crippen LogP contribution in [0.25, 0.3) is 12.2 Å². The molecule has 0 unspecified atom stereocenters. The van der Waals surface area contributed by atoms with Crippen molar-refractivity contribution in [2.45, 2.75) is 0 Å². The lowest BCUT2D eigenvalue weighted by atomic mass is 10.1. The van der Waals surface area contributed by atoms with Gasteiger partial charge in [-0.05, 0) is 41.5 Å². The highest BCUT2D eigenvalue weighted by molar-refractivity contribution is 6.43. The van der Waals surface area contributed by atoms with E-state index in [4.69, 9.17) is 32.7 Å². The lowest BCUT2D eigenvalue weighted by Gasteiger charge is -2.04. The van der Waals surface area contributed by atoms with E-state index < -0.39 is 5.97 Å². The van der Waals surface area contributed by atoms with Crippen LogP contribution in [0, 0.1) is 0 Å². The zero-order valence-electron chi connectivity index (χ0n) is 15.5. The maximum absolute atomic E-state index is 12.6. The van der Waals surface area contributed by atoms with Crippen molar-refractivity contribution >= 4 is 47.1 Å². The summed E-state index contributed by atoms with van der Waals surface area (Å²) in [6.07, 6.45) is 4.52. The number of halogens is 2. The SMILES string of the molecule is O=C(C=Cc1ccccc1)Oc1ccc2c(c1)OC(=Cc1cccc(Cl)c1Cl)C2=O. The van der Waals surface area contributed by atoms with Crippen molar-refractivity contribution in [3.05, 3.63) is 105 Å². The molecule has 4 nitrogen and oxygen atoms in total. The molecule has 1 heterocycles. The Bertz CT molecular complexity index is 1200. The number of ether oxygens (including phenoxy) is 2. The molecule has 0 aliphatic carbocycles. The first-order chi connectivity index (χ1) is 14.5. The Balaban J connectivity index is 1.51. The van der Waals surface area contributed by atoms with Gasteiger partial charge in [-0.2, -0.15) is 0 Å². The van der Waals surface area contributed by atoms with E-state index >= 15 is 0 Å². The van der Waals surface area contributed by atoms with Gasteiger partial charge >= 0.3 is 5.97 Å². The minimum Gasteiger partial charge on any atom is -0.452 e. The summed E-state index contributed by atoms with van der Waals surface area (Å²) >= 11 is 12.2. The molecule has 0 spiro atoms. The van der Waals surface area contributed by atoms with Gasteiger partial charge in [0.25, 0.3) is 0 Å². The van der Waals surface area contributed by atoms with Crippen LogP contribution in [0.3, 0.4) is 0 Å². The van der Waals surface area contributed by atoms with Crippen molar-refractivity contribution in [1.82, 2.24) is 0 Å². The topological polar surface area (TPSA) is 52.6 Å². The number of allylic oxidation sites excluding steroid dienone is 1. The molecule has 148 valence electrons. The lowest BCUT2D eigenvalue weighted by Crippen LogP contribution is -2.03. The molecule has 3 aromatic carbocycles. The smallest absolute Gasteiger partial charge is 0.336 e. The second kappa shape index (κ2) is 8.57. The van der Waals surface area contributed by atoms with E-state index in [-0.39, 0.29) is 17.3 Å².